The Kier molecular flexibility index (Phi) is 3.96. The van der Waals surface area contributed by atoms with E-state index in [0.29, 0.717) is 0 Å². The number of hydrazine groups is 1. The van der Waals surface area contributed by atoms with E-state index in [1.165, 1.54) is 0 Å². The van der Waals surface area contributed by atoms with Crippen LogP contribution in [-0.2, 0) is 13.5 Å². The van der Waals surface area contributed by atoms with Crippen LogP contribution in [-0.4, -0.2) is 16.9 Å². The highest BCUT2D eigenvalue weighted by atomic mass is 16.5. The van der Waals surface area contributed by atoms with Crippen LogP contribution in [0.3, 0.4) is 0 Å². The Balaban J connectivity index is 2.12. The lowest BCUT2D eigenvalue weighted by molar-refractivity contribution is 0.414. The fraction of sp³-hybridized carbons (Fsp3) is 0.308. The van der Waals surface area contributed by atoms with Crippen molar-refractivity contribution >= 4 is 0 Å². The van der Waals surface area contributed by atoms with Crippen LogP contribution in [0.1, 0.15) is 17.2 Å². The molecular weight excluding hydrogens is 228 g/mol. The van der Waals surface area contributed by atoms with Gasteiger partial charge in [0.15, 0.2) is 0 Å². The molecule has 96 valence electrons. The number of aryl methyl sites for hydroxylation is 1. The summed E-state index contributed by atoms with van der Waals surface area (Å²) in [7, 11) is 3.56. The second-order valence-electron chi connectivity index (χ2n) is 4.22. The highest BCUT2D eigenvalue weighted by molar-refractivity contribution is 5.30. The van der Waals surface area contributed by atoms with Gasteiger partial charge in [-0.25, -0.2) is 0 Å². The van der Waals surface area contributed by atoms with E-state index >= 15 is 0 Å². The normalized spacial score (nSPS) is 12.4. The van der Waals surface area contributed by atoms with Crippen molar-refractivity contribution in [2.45, 2.75) is 12.5 Å². The molecule has 1 aromatic heterocycles. The van der Waals surface area contributed by atoms with E-state index in [1.807, 2.05) is 43.7 Å². The molecule has 2 rings (SSSR count). The van der Waals surface area contributed by atoms with Crippen LogP contribution in [0.15, 0.2) is 36.7 Å². The third-order valence-corrected chi connectivity index (χ3v) is 2.92. The average molecular weight is 246 g/mol. The first-order chi connectivity index (χ1) is 8.72. The van der Waals surface area contributed by atoms with Crippen LogP contribution in [0.4, 0.5) is 0 Å². The van der Waals surface area contributed by atoms with Crippen molar-refractivity contribution in [3.05, 3.63) is 47.8 Å². The number of rotatable bonds is 5. The van der Waals surface area contributed by atoms with Gasteiger partial charge in [-0.15, -0.1) is 0 Å². The van der Waals surface area contributed by atoms with Crippen LogP contribution in [0, 0.1) is 0 Å². The third kappa shape index (κ3) is 2.88. The standard InChI is InChI=1S/C13H18N4O/c1-17-9-10(8-15-17)7-13(16-14)11-3-5-12(18-2)6-4-11/h3-6,8-9,13,16H,7,14H2,1-2H3. The number of nitrogens with two attached hydrogens (primary N) is 1. The molecular formula is C13H18N4O. The van der Waals surface area contributed by atoms with Crippen molar-refractivity contribution in [3.8, 4) is 5.75 Å². The second-order valence-corrected chi connectivity index (χ2v) is 4.22. The maximum Gasteiger partial charge on any atom is 0.118 e. The molecule has 5 heteroatoms. The molecule has 0 amide bonds. The Morgan fingerprint density at radius 1 is 1.39 bits per heavy atom. The van der Waals surface area contributed by atoms with Gasteiger partial charge in [0.2, 0.25) is 0 Å². The van der Waals surface area contributed by atoms with E-state index in [4.69, 9.17) is 10.6 Å². The van der Waals surface area contributed by atoms with Gasteiger partial charge < -0.3 is 4.74 Å². The van der Waals surface area contributed by atoms with Gasteiger partial charge in [0.1, 0.15) is 5.75 Å². The Bertz CT molecular complexity index is 492. The maximum absolute atomic E-state index is 5.62. The fourth-order valence-corrected chi connectivity index (χ4v) is 1.92. The van der Waals surface area contributed by atoms with Crippen molar-refractivity contribution in [1.29, 1.82) is 0 Å². The number of hydrogen-bond donors (Lipinski definition) is 2. The number of aromatic nitrogens is 2. The summed E-state index contributed by atoms with van der Waals surface area (Å²) >= 11 is 0. The molecule has 18 heavy (non-hydrogen) atoms. The minimum atomic E-state index is 0.0695. The van der Waals surface area contributed by atoms with Crippen molar-refractivity contribution in [2.75, 3.05) is 7.11 Å². The minimum Gasteiger partial charge on any atom is -0.497 e. The first-order valence-electron chi connectivity index (χ1n) is 5.80. The van der Waals surface area contributed by atoms with Crippen LogP contribution >= 0.6 is 0 Å². The lowest BCUT2D eigenvalue weighted by Crippen LogP contribution is -2.29. The summed E-state index contributed by atoms with van der Waals surface area (Å²) in [5.74, 6) is 6.46. The molecule has 1 aromatic carbocycles. The molecule has 0 bridgehead atoms. The van der Waals surface area contributed by atoms with E-state index in [2.05, 4.69) is 10.5 Å². The molecule has 3 N–H and O–H groups in total. The Labute approximate surface area is 107 Å². The summed E-state index contributed by atoms with van der Waals surface area (Å²) in [5, 5.41) is 4.15. The molecule has 2 aromatic rings. The monoisotopic (exact) mass is 246 g/mol. The lowest BCUT2D eigenvalue weighted by atomic mass is 10.0. The molecule has 0 spiro atoms. The first kappa shape index (κ1) is 12.6. The molecule has 0 saturated heterocycles. The molecule has 1 unspecified atom stereocenters. The topological polar surface area (TPSA) is 65.1 Å². The van der Waals surface area contributed by atoms with Gasteiger partial charge in [-0.3, -0.25) is 16.0 Å². The summed E-state index contributed by atoms with van der Waals surface area (Å²) in [6.45, 7) is 0. The SMILES string of the molecule is COc1ccc(C(Cc2cnn(C)c2)NN)cc1. The van der Waals surface area contributed by atoms with Crippen LogP contribution < -0.4 is 16.0 Å². The number of methoxy groups -OCH3 is 1. The molecule has 0 fully saturated rings. The number of benzene rings is 1. The van der Waals surface area contributed by atoms with Gasteiger partial charge in [0, 0.05) is 13.2 Å². The summed E-state index contributed by atoms with van der Waals surface area (Å²) in [6, 6.07) is 7.96. The van der Waals surface area contributed by atoms with E-state index in [1.54, 1.807) is 11.8 Å². The first-order valence-corrected chi connectivity index (χ1v) is 5.80. The highest BCUT2D eigenvalue weighted by Crippen LogP contribution is 2.20. The van der Waals surface area contributed by atoms with Gasteiger partial charge in [-0.1, -0.05) is 12.1 Å². The zero-order chi connectivity index (χ0) is 13.0. The van der Waals surface area contributed by atoms with Gasteiger partial charge in [-0.05, 0) is 29.7 Å². The van der Waals surface area contributed by atoms with Gasteiger partial charge in [0.25, 0.3) is 0 Å². The lowest BCUT2D eigenvalue weighted by Gasteiger charge is -2.15. The van der Waals surface area contributed by atoms with Crippen molar-refractivity contribution in [2.24, 2.45) is 12.9 Å². The molecule has 5 nitrogen and oxygen atoms in total. The van der Waals surface area contributed by atoms with Crippen LogP contribution in [0.25, 0.3) is 0 Å². The molecule has 0 aliphatic carbocycles. The van der Waals surface area contributed by atoms with Gasteiger partial charge in [-0.2, -0.15) is 5.10 Å². The molecule has 0 aliphatic heterocycles. The van der Waals surface area contributed by atoms with E-state index in [-0.39, 0.29) is 6.04 Å². The Hall–Kier alpha value is -1.85. The van der Waals surface area contributed by atoms with Crippen LogP contribution in [0.5, 0.6) is 5.75 Å². The molecule has 0 radical (unpaired) electrons. The summed E-state index contributed by atoms with van der Waals surface area (Å²) in [6.07, 6.45) is 4.65. The fourth-order valence-electron chi connectivity index (χ4n) is 1.92. The molecule has 0 saturated carbocycles. The highest BCUT2D eigenvalue weighted by Gasteiger charge is 2.11. The molecule has 1 heterocycles. The summed E-state index contributed by atoms with van der Waals surface area (Å²) < 4.78 is 6.93. The molecule has 0 aliphatic rings. The Morgan fingerprint density at radius 3 is 2.61 bits per heavy atom. The number of nitrogens with zero attached hydrogens (tertiary/aromatic N) is 2. The predicted octanol–water partition coefficient (Wildman–Crippen LogP) is 1.18. The third-order valence-electron chi connectivity index (χ3n) is 2.92. The quantitative estimate of drug-likeness (QED) is 0.614. The minimum absolute atomic E-state index is 0.0695. The smallest absolute Gasteiger partial charge is 0.118 e. The zero-order valence-electron chi connectivity index (χ0n) is 10.6. The molecule has 1 atom stereocenters. The van der Waals surface area contributed by atoms with Crippen LogP contribution in [0.2, 0.25) is 0 Å². The second kappa shape index (κ2) is 5.66. The summed E-state index contributed by atoms with van der Waals surface area (Å²) in [4.78, 5) is 0. The summed E-state index contributed by atoms with van der Waals surface area (Å²) in [5.41, 5.74) is 5.11. The van der Waals surface area contributed by atoms with Crippen molar-refractivity contribution < 1.29 is 4.74 Å². The number of ether oxygens (including phenoxy) is 1. The van der Waals surface area contributed by atoms with E-state index in [0.717, 1.165) is 23.3 Å². The van der Waals surface area contributed by atoms with Gasteiger partial charge >= 0.3 is 0 Å². The number of hydrogen-bond acceptors (Lipinski definition) is 4. The number of nitrogens with one attached hydrogen (secondary N) is 1. The van der Waals surface area contributed by atoms with Crippen molar-refractivity contribution in [3.63, 3.8) is 0 Å². The zero-order valence-corrected chi connectivity index (χ0v) is 10.6. The maximum atomic E-state index is 5.62. The largest absolute Gasteiger partial charge is 0.497 e. The predicted molar refractivity (Wildman–Crippen MR) is 70.0 cm³/mol. The van der Waals surface area contributed by atoms with Gasteiger partial charge in [0.05, 0.1) is 19.3 Å². The van der Waals surface area contributed by atoms with E-state index < -0.39 is 0 Å². The van der Waals surface area contributed by atoms with Crippen molar-refractivity contribution in [1.82, 2.24) is 15.2 Å². The Morgan fingerprint density at radius 2 is 2.11 bits per heavy atom. The van der Waals surface area contributed by atoms with E-state index in [9.17, 15) is 0 Å². The average Bonchev–Trinajstić information content (AvgIpc) is 2.82.